The molecule has 0 aromatic rings. The summed E-state index contributed by atoms with van der Waals surface area (Å²) in [5, 5.41) is 30.2. The number of hydrogen-bond acceptors (Lipinski definition) is 10. The maximum absolute atomic E-state index is 12.9. The Kier molecular flexibility index (Phi) is 14.9. The second kappa shape index (κ2) is 17.6. The lowest BCUT2D eigenvalue weighted by molar-refractivity contribution is -0.124. The minimum Gasteiger partial charge on any atom is -0.356 e. The Morgan fingerprint density at radius 1 is 0.649 bits per heavy atom. The summed E-state index contributed by atoms with van der Waals surface area (Å²) in [6.45, 7) is 10.7. The van der Waals surface area contributed by atoms with E-state index >= 15 is 0 Å². The molecule has 11 N–H and O–H groups in total. The van der Waals surface area contributed by atoms with E-state index in [9.17, 15) is 14.4 Å². The van der Waals surface area contributed by atoms with Gasteiger partial charge in [-0.25, -0.2) is 0 Å². The Labute approximate surface area is 221 Å². The van der Waals surface area contributed by atoms with Crippen LogP contribution in [0, 0.1) is 0 Å². The van der Waals surface area contributed by atoms with Crippen molar-refractivity contribution in [3.63, 3.8) is 0 Å². The summed E-state index contributed by atoms with van der Waals surface area (Å²) in [5.74, 6) is -0.151. The average molecular weight is 527 g/mol. The number of carbonyl (C=O) groups excluding carboxylic acids is 3. The van der Waals surface area contributed by atoms with Crippen molar-refractivity contribution < 1.29 is 14.4 Å². The van der Waals surface area contributed by atoms with Crippen molar-refractivity contribution in [1.82, 2.24) is 47.9 Å². The van der Waals surface area contributed by atoms with Crippen LogP contribution in [0.4, 0.5) is 0 Å². The number of fused-ring (bicyclic) bond motifs is 15. The van der Waals surface area contributed by atoms with E-state index in [4.69, 9.17) is 5.73 Å². The molecule has 0 aromatic heterocycles. The number of nitrogens with one attached hydrogen (secondary N) is 9. The number of amides is 3. The first-order chi connectivity index (χ1) is 17.9. The Bertz CT molecular complexity index is 650. The molecule has 2 bridgehead atoms. The van der Waals surface area contributed by atoms with Gasteiger partial charge in [0.2, 0.25) is 17.7 Å². The molecule has 0 unspecified atom stereocenters. The molecule has 3 rings (SSSR count). The minimum absolute atomic E-state index is 0.0459. The maximum atomic E-state index is 12.9. The Hall–Kier alpha value is -1.87. The normalized spacial score (nSPS) is 26.4. The van der Waals surface area contributed by atoms with Gasteiger partial charge in [0, 0.05) is 105 Å². The standard InChI is InChI=1S/C24H50N10O3/c1-20(35)33-23-14-26-8-11-29-17-24(18-30-12-9-27-15-23,19-31-13-10-28-16-23)34-22(37)5-2-4-21(36)32-7-3-6-25/h26-31H,2-19,25H2,1H3,(H,32,36)(H,33,35)(H,34,37). The molecule has 0 atom stereocenters. The van der Waals surface area contributed by atoms with Gasteiger partial charge in [-0.05, 0) is 19.4 Å². The Morgan fingerprint density at radius 3 is 1.46 bits per heavy atom. The van der Waals surface area contributed by atoms with E-state index in [2.05, 4.69) is 47.9 Å². The summed E-state index contributed by atoms with van der Waals surface area (Å²) in [7, 11) is 0. The average Bonchev–Trinajstić information content (AvgIpc) is 2.85. The highest BCUT2D eigenvalue weighted by atomic mass is 16.2. The zero-order chi connectivity index (χ0) is 26.8. The zero-order valence-corrected chi connectivity index (χ0v) is 22.5. The van der Waals surface area contributed by atoms with Crippen LogP contribution in [0.3, 0.4) is 0 Å². The fraction of sp³-hybridized carbons (Fsp3) is 0.875. The number of hydrogen-bond donors (Lipinski definition) is 10. The molecule has 3 aliphatic rings. The molecule has 0 saturated carbocycles. The Morgan fingerprint density at radius 2 is 1.05 bits per heavy atom. The first kappa shape index (κ1) is 31.3. The van der Waals surface area contributed by atoms with Crippen LogP contribution >= 0.6 is 0 Å². The van der Waals surface area contributed by atoms with Gasteiger partial charge in [0.1, 0.15) is 0 Å². The molecule has 0 radical (unpaired) electrons. The summed E-state index contributed by atoms with van der Waals surface area (Å²) >= 11 is 0. The highest BCUT2D eigenvalue weighted by Crippen LogP contribution is 2.06. The number of carbonyl (C=O) groups is 3. The van der Waals surface area contributed by atoms with E-state index in [1.165, 1.54) is 0 Å². The lowest BCUT2D eigenvalue weighted by atomic mass is 9.97. The molecule has 3 fully saturated rings. The Balaban J connectivity index is 2.01. The third-order valence-corrected chi connectivity index (χ3v) is 6.57. The summed E-state index contributed by atoms with van der Waals surface area (Å²) in [6, 6.07) is 0. The first-order valence-electron chi connectivity index (χ1n) is 13.7. The van der Waals surface area contributed by atoms with Gasteiger partial charge in [-0.2, -0.15) is 0 Å². The van der Waals surface area contributed by atoms with E-state index in [0.717, 1.165) is 45.7 Å². The fourth-order valence-electron chi connectivity index (χ4n) is 4.70. The third-order valence-electron chi connectivity index (χ3n) is 6.57. The second-order valence-electron chi connectivity index (χ2n) is 10.2. The van der Waals surface area contributed by atoms with E-state index in [1.807, 2.05) is 0 Å². The van der Waals surface area contributed by atoms with Crippen LogP contribution in [0.5, 0.6) is 0 Å². The highest BCUT2D eigenvalue weighted by Gasteiger charge is 2.33. The molecule has 0 spiro atoms. The third kappa shape index (κ3) is 13.0. The lowest BCUT2D eigenvalue weighted by Crippen LogP contribution is -2.68. The molecule has 3 heterocycles. The predicted octanol–water partition coefficient (Wildman–Crippen LogP) is -4.08. The second-order valence-corrected chi connectivity index (χ2v) is 10.2. The van der Waals surface area contributed by atoms with Crippen molar-refractivity contribution in [2.45, 2.75) is 43.7 Å². The summed E-state index contributed by atoms with van der Waals surface area (Å²) < 4.78 is 0. The lowest BCUT2D eigenvalue weighted by Gasteiger charge is -2.38. The van der Waals surface area contributed by atoms with Crippen molar-refractivity contribution in [2.24, 2.45) is 5.73 Å². The van der Waals surface area contributed by atoms with Crippen molar-refractivity contribution in [3.8, 4) is 0 Å². The van der Waals surface area contributed by atoms with Gasteiger partial charge in [0.15, 0.2) is 0 Å². The molecule has 0 aromatic carbocycles. The van der Waals surface area contributed by atoms with E-state index in [0.29, 0.717) is 71.6 Å². The molecule has 214 valence electrons. The van der Waals surface area contributed by atoms with Crippen LogP contribution in [0.25, 0.3) is 0 Å². The minimum atomic E-state index is -0.519. The highest BCUT2D eigenvalue weighted by molar-refractivity contribution is 5.79. The maximum Gasteiger partial charge on any atom is 0.220 e. The van der Waals surface area contributed by atoms with Gasteiger partial charge < -0.3 is 53.6 Å². The van der Waals surface area contributed by atoms with Gasteiger partial charge in [0.05, 0.1) is 11.1 Å². The van der Waals surface area contributed by atoms with Crippen molar-refractivity contribution >= 4 is 17.7 Å². The van der Waals surface area contributed by atoms with Crippen LogP contribution in [0.1, 0.15) is 32.6 Å². The van der Waals surface area contributed by atoms with E-state index in [1.54, 1.807) is 6.92 Å². The summed E-state index contributed by atoms with van der Waals surface area (Å²) in [6.07, 6.45) is 1.86. The van der Waals surface area contributed by atoms with E-state index < -0.39 is 11.1 Å². The van der Waals surface area contributed by atoms with Crippen molar-refractivity contribution in [2.75, 3.05) is 91.6 Å². The summed E-state index contributed by atoms with van der Waals surface area (Å²) in [4.78, 5) is 36.9. The van der Waals surface area contributed by atoms with Gasteiger partial charge in [-0.15, -0.1) is 0 Å². The van der Waals surface area contributed by atoms with Crippen molar-refractivity contribution in [1.29, 1.82) is 0 Å². The molecule has 3 amide bonds. The van der Waals surface area contributed by atoms with Crippen LogP contribution in [0.2, 0.25) is 0 Å². The molecule has 3 aliphatic heterocycles. The van der Waals surface area contributed by atoms with Crippen molar-refractivity contribution in [3.05, 3.63) is 0 Å². The monoisotopic (exact) mass is 526 g/mol. The number of nitrogens with two attached hydrogens (primary N) is 1. The molecular formula is C24H50N10O3. The molecule has 37 heavy (non-hydrogen) atoms. The summed E-state index contributed by atoms with van der Waals surface area (Å²) in [5.41, 5.74) is 4.51. The SMILES string of the molecule is CC(=O)NC12CNCCNCC(NC(=O)CCCC(=O)NCCCN)(CNCCNC1)CNCCNC2. The van der Waals surface area contributed by atoms with Gasteiger partial charge in [0.25, 0.3) is 0 Å². The molecule has 13 heteroatoms. The van der Waals surface area contributed by atoms with Crippen LogP contribution in [-0.4, -0.2) is 120 Å². The van der Waals surface area contributed by atoms with Crippen LogP contribution in [-0.2, 0) is 14.4 Å². The topological polar surface area (TPSA) is 186 Å². The van der Waals surface area contributed by atoms with Gasteiger partial charge >= 0.3 is 0 Å². The smallest absolute Gasteiger partial charge is 0.220 e. The van der Waals surface area contributed by atoms with Crippen LogP contribution in [0.15, 0.2) is 0 Å². The molecular weight excluding hydrogens is 476 g/mol. The molecule has 3 saturated heterocycles. The van der Waals surface area contributed by atoms with E-state index in [-0.39, 0.29) is 17.7 Å². The van der Waals surface area contributed by atoms with Gasteiger partial charge in [-0.1, -0.05) is 0 Å². The zero-order valence-electron chi connectivity index (χ0n) is 22.5. The predicted molar refractivity (Wildman–Crippen MR) is 145 cm³/mol. The largest absolute Gasteiger partial charge is 0.356 e. The number of rotatable bonds is 9. The van der Waals surface area contributed by atoms with Crippen LogP contribution < -0.4 is 53.6 Å². The molecule has 0 aliphatic carbocycles. The first-order valence-corrected chi connectivity index (χ1v) is 13.7. The molecule has 13 nitrogen and oxygen atoms in total. The quantitative estimate of drug-likeness (QED) is 0.132. The fourth-order valence-corrected chi connectivity index (χ4v) is 4.70. The van der Waals surface area contributed by atoms with Gasteiger partial charge in [-0.3, -0.25) is 14.4 Å².